The average Bonchev–Trinajstić information content (AvgIpc) is 2.71. The first-order valence-electron chi connectivity index (χ1n) is 4.84. The van der Waals surface area contributed by atoms with Crippen molar-refractivity contribution in [3.63, 3.8) is 0 Å². The maximum atomic E-state index is 11.5. The third-order valence-electron chi connectivity index (χ3n) is 2.20. The van der Waals surface area contributed by atoms with Gasteiger partial charge < -0.3 is 9.15 Å². The van der Waals surface area contributed by atoms with E-state index in [1.165, 1.54) is 6.26 Å². The van der Waals surface area contributed by atoms with Crippen molar-refractivity contribution in [3.8, 4) is 6.07 Å². The Kier molecular flexibility index (Phi) is 2.61. The molecular formula is C12H9NO3. The molecule has 1 heterocycles. The van der Waals surface area contributed by atoms with Crippen molar-refractivity contribution in [2.75, 3.05) is 6.61 Å². The van der Waals surface area contributed by atoms with Gasteiger partial charge in [0.25, 0.3) is 0 Å². The standard InChI is InChI=1S/C12H9NO3/c1-2-15-12(14)10-7-16-11-5-8(6-13)3-4-9(10)11/h3-5,7H,2H2,1H3. The topological polar surface area (TPSA) is 63.2 Å². The summed E-state index contributed by atoms with van der Waals surface area (Å²) in [4.78, 5) is 11.5. The number of ether oxygens (including phenoxy) is 1. The largest absolute Gasteiger partial charge is 0.463 e. The van der Waals surface area contributed by atoms with Gasteiger partial charge in [-0.2, -0.15) is 5.26 Å². The summed E-state index contributed by atoms with van der Waals surface area (Å²) in [5, 5.41) is 9.38. The molecule has 0 atom stereocenters. The number of furan rings is 1. The van der Waals surface area contributed by atoms with Crippen LogP contribution in [0.4, 0.5) is 0 Å². The summed E-state index contributed by atoms with van der Waals surface area (Å²) >= 11 is 0. The lowest BCUT2D eigenvalue weighted by Crippen LogP contribution is -2.03. The Hall–Kier alpha value is -2.28. The lowest BCUT2D eigenvalue weighted by Gasteiger charge is -1.98. The van der Waals surface area contributed by atoms with Gasteiger partial charge in [0.05, 0.1) is 18.2 Å². The Bertz CT molecular complexity index is 577. The van der Waals surface area contributed by atoms with Gasteiger partial charge in [0.2, 0.25) is 0 Å². The third kappa shape index (κ3) is 1.63. The first-order valence-corrected chi connectivity index (χ1v) is 4.84. The van der Waals surface area contributed by atoms with E-state index in [9.17, 15) is 4.79 Å². The zero-order chi connectivity index (χ0) is 11.5. The van der Waals surface area contributed by atoms with E-state index in [0.29, 0.717) is 28.7 Å². The van der Waals surface area contributed by atoms with E-state index in [1.54, 1.807) is 25.1 Å². The van der Waals surface area contributed by atoms with Gasteiger partial charge in [-0.25, -0.2) is 4.79 Å². The van der Waals surface area contributed by atoms with Crippen molar-refractivity contribution >= 4 is 16.9 Å². The smallest absolute Gasteiger partial charge is 0.342 e. The zero-order valence-electron chi connectivity index (χ0n) is 8.69. The fourth-order valence-electron chi connectivity index (χ4n) is 1.46. The van der Waals surface area contributed by atoms with E-state index in [4.69, 9.17) is 14.4 Å². The van der Waals surface area contributed by atoms with Crippen LogP contribution < -0.4 is 0 Å². The maximum Gasteiger partial charge on any atom is 0.342 e. The van der Waals surface area contributed by atoms with Crippen LogP contribution in [0.15, 0.2) is 28.9 Å². The molecule has 0 saturated carbocycles. The Labute approximate surface area is 92.0 Å². The van der Waals surface area contributed by atoms with Crippen LogP contribution in [0.5, 0.6) is 0 Å². The van der Waals surface area contributed by atoms with Gasteiger partial charge in [0.1, 0.15) is 17.4 Å². The molecule has 16 heavy (non-hydrogen) atoms. The molecule has 0 N–H and O–H groups in total. The number of carbonyl (C=O) groups is 1. The lowest BCUT2D eigenvalue weighted by atomic mass is 10.1. The number of benzene rings is 1. The van der Waals surface area contributed by atoms with Crippen LogP contribution in [0.25, 0.3) is 11.0 Å². The quantitative estimate of drug-likeness (QED) is 0.722. The number of nitrogens with zero attached hydrogens (tertiary/aromatic N) is 1. The van der Waals surface area contributed by atoms with E-state index in [0.717, 1.165) is 0 Å². The molecule has 0 radical (unpaired) electrons. The summed E-state index contributed by atoms with van der Waals surface area (Å²) in [7, 11) is 0. The van der Waals surface area contributed by atoms with Crippen molar-refractivity contribution < 1.29 is 13.9 Å². The predicted octanol–water partition coefficient (Wildman–Crippen LogP) is 2.48. The SMILES string of the molecule is CCOC(=O)c1coc2cc(C#N)ccc12. The molecule has 1 aromatic carbocycles. The van der Waals surface area contributed by atoms with Gasteiger partial charge in [0.15, 0.2) is 0 Å². The second-order valence-electron chi connectivity index (χ2n) is 3.19. The molecule has 0 spiro atoms. The molecule has 0 aliphatic carbocycles. The number of hydrogen-bond acceptors (Lipinski definition) is 4. The number of hydrogen-bond donors (Lipinski definition) is 0. The zero-order valence-corrected chi connectivity index (χ0v) is 8.69. The normalized spacial score (nSPS) is 10.0. The van der Waals surface area contributed by atoms with Crippen LogP contribution in [0, 0.1) is 11.3 Å². The molecule has 0 fully saturated rings. The van der Waals surface area contributed by atoms with Crippen molar-refractivity contribution in [2.45, 2.75) is 6.92 Å². The van der Waals surface area contributed by atoms with Crippen molar-refractivity contribution in [1.29, 1.82) is 5.26 Å². The molecule has 80 valence electrons. The predicted molar refractivity (Wildman–Crippen MR) is 56.9 cm³/mol. The number of carbonyl (C=O) groups excluding carboxylic acids is 1. The van der Waals surface area contributed by atoms with Crippen LogP contribution in [0.3, 0.4) is 0 Å². The van der Waals surface area contributed by atoms with Gasteiger partial charge >= 0.3 is 5.97 Å². The summed E-state index contributed by atoms with van der Waals surface area (Å²) in [5.74, 6) is -0.411. The molecule has 2 aromatic rings. The van der Waals surface area contributed by atoms with E-state index >= 15 is 0 Å². The first kappa shape index (κ1) is 10.2. The summed E-state index contributed by atoms with van der Waals surface area (Å²) in [6, 6.07) is 6.93. The Morgan fingerprint density at radius 2 is 2.38 bits per heavy atom. The summed E-state index contributed by atoms with van der Waals surface area (Å²) in [6.45, 7) is 2.07. The van der Waals surface area contributed by atoms with Crippen molar-refractivity contribution in [2.24, 2.45) is 0 Å². The minimum Gasteiger partial charge on any atom is -0.463 e. The van der Waals surface area contributed by atoms with Crippen LogP contribution in [-0.4, -0.2) is 12.6 Å². The van der Waals surface area contributed by atoms with Gasteiger partial charge in [-0.05, 0) is 25.1 Å². The Morgan fingerprint density at radius 3 is 3.06 bits per heavy atom. The minimum atomic E-state index is -0.411. The summed E-state index contributed by atoms with van der Waals surface area (Å²) in [5.41, 5.74) is 1.40. The highest BCUT2D eigenvalue weighted by Gasteiger charge is 2.14. The van der Waals surface area contributed by atoms with Gasteiger partial charge in [-0.1, -0.05) is 0 Å². The second kappa shape index (κ2) is 4.07. The van der Waals surface area contributed by atoms with Gasteiger partial charge in [-0.3, -0.25) is 0 Å². The molecule has 0 bridgehead atoms. The molecule has 0 unspecified atom stereocenters. The Balaban J connectivity index is 2.50. The summed E-state index contributed by atoms with van der Waals surface area (Å²) < 4.78 is 10.1. The molecule has 0 amide bonds. The number of fused-ring (bicyclic) bond motifs is 1. The lowest BCUT2D eigenvalue weighted by molar-refractivity contribution is 0.0527. The third-order valence-corrected chi connectivity index (χ3v) is 2.20. The van der Waals surface area contributed by atoms with E-state index in [-0.39, 0.29) is 0 Å². The van der Waals surface area contributed by atoms with Crippen LogP contribution in [0.2, 0.25) is 0 Å². The van der Waals surface area contributed by atoms with E-state index in [1.807, 2.05) is 6.07 Å². The highest BCUT2D eigenvalue weighted by atomic mass is 16.5. The highest BCUT2D eigenvalue weighted by molar-refractivity contribution is 6.03. The fourth-order valence-corrected chi connectivity index (χ4v) is 1.46. The first-order chi connectivity index (χ1) is 7.76. The molecule has 4 nitrogen and oxygen atoms in total. The molecule has 2 rings (SSSR count). The second-order valence-corrected chi connectivity index (χ2v) is 3.19. The maximum absolute atomic E-state index is 11.5. The monoisotopic (exact) mass is 215 g/mol. The fraction of sp³-hybridized carbons (Fsp3) is 0.167. The molecular weight excluding hydrogens is 206 g/mol. The molecule has 0 saturated heterocycles. The van der Waals surface area contributed by atoms with Gasteiger partial charge in [-0.15, -0.1) is 0 Å². The molecule has 0 aliphatic heterocycles. The molecule has 4 heteroatoms. The van der Waals surface area contributed by atoms with Crippen molar-refractivity contribution in [1.82, 2.24) is 0 Å². The Morgan fingerprint density at radius 1 is 1.56 bits per heavy atom. The van der Waals surface area contributed by atoms with Crippen molar-refractivity contribution in [3.05, 3.63) is 35.6 Å². The van der Waals surface area contributed by atoms with Gasteiger partial charge in [0, 0.05) is 5.39 Å². The highest BCUT2D eigenvalue weighted by Crippen LogP contribution is 2.22. The number of nitriles is 1. The molecule has 0 aliphatic rings. The number of esters is 1. The van der Waals surface area contributed by atoms with Crippen LogP contribution >= 0.6 is 0 Å². The van der Waals surface area contributed by atoms with Crippen LogP contribution in [-0.2, 0) is 4.74 Å². The average molecular weight is 215 g/mol. The van der Waals surface area contributed by atoms with E-state index < -0.39 is 5.97 Å². The van der Waals surface area contributed by atoms with Crippen LogP contribution in [0.1, 0.15) is 22.8 Å². The minimum absolute atomic E-state index is 0.321. The van der Waals surface area contributed by atoms with E-state index in [2.05, 4.69) is 0 Å². The number of rotatable bonds is 2. The molecule has 1 aromatic heterocycles. The summed E-state index contributed by atoms with van der Waals surface area (Å²) in [6.07, 6.45) is 1.35.